The molecular weight excluding hydrogens is 416 g/mol. The maximum atomic E-state index is 9.34. The molecule has 0 saturated heterocycles. The summed E-state index contributed by atoms with van der Waals surface area (Å²) in [7, 11) is 5.16. The monoisotopic (exact) mass is 440 g/mol. The predicted octanol–water partition coefficient (Wildman–Crippen LogP) is 4.55. The molecule has 162 valence electrons. The molecule has 2 heterocycles. The number of aryl methyl sites for hydroxylation is 2. The van der Waals surface area contributed by atoms with Crippen LogP contribution in [-0.2, 0) is 6.42 Å². The Hall–Kier alpha value is -3.03. The van der Waals surface area contributed by atoms with Crippen molar-refractivity contribution in [3.8, 4) is 11.5 Å². The van der Waals surface area contributed by atoms with Gasteiger partial charge in [0.15, 0.2) is 17.3 Å². The first-order valence-electron chi connectivity index (χ1n) is 10.0. The van der Waals surface area contributed by atoms with Gasteiger partial charge in [0.2, 0.25) is 0 Å². The Kier molecular flexibility index (Phi) is 5.89. The molecule has 4 rings (SSSR count). The maximum Gasteiger partial charge on any atom is 0.163 e. The van der Waals surface area contributed by atoms with Gasteiger partial charge in [0.05, 0.1) is 42.2 Å². The second-order valence-electron chi connectivity index (χ2n) is 7.32. The summed E-state index contributed by atoms with van der Waals surface area (Å²) in [5.41, 5.74) is 4.36. The van der Waals surface area contributed by atoms with E-state index in [1.165, 1.54) is 0 Å². The Bertz CT molecular complexity index is 1230. The van der Waals surface area contributed by atoms with E-state index >= 15 is 0 Å². The number of hydrogen-bond acceptors (Lipinski definition) is 6. The van der Waals surface area contributed by atoms with E-state index in [0.29, 0.717) is 29.4 Å². The molecule has 31 heavy (non-hydrogen) atoms. The van der Waals surface area contributed by atoms with Crippen LogP contribution in [0, 0.1) is 6.92 Å². The van der Waals surface area contributed by atoms with Gasteiger partial charge in [-0.15, -0.1) is 0 Å². The van der Waals surface area contributed by atoms with E-state index in [0.717, 1.165) is 39.4 Å². The van der Waals surface area contributed by atoms with E-state index in [4.69, 9.17) is 26.1 Å². The SMILES string of the molecule is COc1cc2nc(N(C)c3c(C)cccc3Cl)c3cnc(CCCO)n3c2cc1OC. The first kappa shape index (κ1) is 21.2. The largest absolute Gasteiger partial charge is 0.493 e. The second kappa shape index (κ2) is 8.61. The fourth-order valence-corrected chi connectivity index (χ4v) is 4.28. The average molecular weight is 441 g/mol. The second-order valence-corrected chi connectivity index (χ2v) is 7.73. The normalized spacial score (nSPS) is 11.3. The quantitative estimate of drug-likeness (QED) is 0.454. The Balaban J connectivity index is 2.04. The van der Waals surface area contributed by atoms with Gasteiger partial charge in [-0.25, -0.2) is 9.97 Å². The Morgan fingerprint density at radius 2 is 1.87 bits per heavy atom. The van der Waals surface area contributed by atoms with Crippen LogP contribution < -0.4 is 14.4 Å². The van der Waals surface area contributed by atoms with Crippen molar-refractivity contribution >= 4 is 39.7 Å². The minimum absolute atomic E-state index is 0.0979. The predicted molar refractivity (Wildman–Crippen MR) is 123 cm³/mol. The molecule has 0 unspecified atom stereocenters. The van der Waals surface area contributed by atoms with E-state index in [1.54, 1.807) is 14.2 Å². The molecule has 0 aliphatic rings. The number of nitrogens with zero attached hydrogens (tertiary/aromatic N) is 4. The summed E-state index contributed by atoms with van der Waals surface area (Å²) >= 11 is 6.55. The van der Waals surface area contributed by atoms with Crippen LogP contribution in [0.4, 0.5) is 11.5 Å². The molecule has 0 radical (unpaired) electrons. The van der Waals surface area contributed by atoms with E-state index < -0.39 is 0 Å². The van der Waals surface area contributed by atoms with E-state index in [-0.39, 0.29) is 6.61 Å². The lowest BCUT2D eigenvalue weighted by atomic mass is 10.2. The van der Waals surface area contributed by atoms with Gasteiger partial charge in [-0.1, -0.05) is 23.7 Å². The zero-order valence-corrected chi connectivity index (χ0v) is 18.8. The Morgan fingerprint density at radius 3 is 2.55 bits per heavy atom. The number of methoxy groups -OCH3 is 2. The zero-order valence-electron chi connectivity index (χ0n) is 18.0. The first-order chi connectivity index (χ1) is 15.0. The number of halogens is 1. The molecule has 2 aromatic heterocycles. The van der Waals surface area contributed by atoms with Crippen molar-refractivity contribution in [3.05, 3.63) is 52.9 Å². The highest BCUT2D eigenvalue weighted by atomic mass is 35.5. The van der Waals surface area contributed by atoms with Crippen LogP contribution in [0.15, 0.2) is 36.5 Å². The van der Waals surface area contributed by atoms with Crippen molar-refractivity contribution in [2.45, 2.75) is 19.8 Å². The average Bonchev–Trinajstić information content (AvgIpc) is 3.20. The Morgan fingerprint density at radius 1 is 1.13 bits per heavy atom. The molecule has 0 spiro atoms. The van der Waals surface area contributed by atoms with Crippen molar-refractivity contribution in [1.29, 1.82) is 0 Å². The highest BCUT2D eigenvalue weighted by Crippen LogP contribution is 2.38. The zero-order chi connectivity index (χ0) is 22.1. The van der Waals surface area contributed by atoms with Gasteiger partial charge in [0.1, 0.15) is 11.3 Å². The number of rotatable bonds is 7. The summed E-state index contributed by atoms with van der Waals surface area (Å²) < 4.78 is 13.1. The molecule has 0 fully saturated rings. The van der Waals surface area contributed by atoms with Gasteiger partial charge < -0.3 is 19.5 Å². The molecule has 4 aromatic rings. The summed E-state index contributed by atoms with van der Waals surface area (Å²) in [5, 5.41) is 9.99. The minimum atomic E-state index is 0.0979. The number of aromatic nitrogens is 3. The number of benzene rings is 2. The van der Waals surface area contributed by atoms with Gasteiger partial charge >= 0.3 is 0 Å². The summed E-state index contributed by atoms with van der Waals surface area (Å²) in [4.78, 5) is 11.6. The third-order valence-electron chi connectivity index (χ3n) is 5.41. The van der Waals surface area contributed by atoms with Crippen LogP contribution >= 0.6 is 11.6 Å². The lowest BCUT2D eigenvalue weighted by molar-refractivity contribution is 0.287. The fourth-order valence-electron chi connectivity index (χ4n) is 3.93. The van der Waals surface area contributed by atoms with Crippen LogP contribution in [0.3, 0.4) is 0 Å². The summed E-state index contributed by atoms with van der Waals surface area (Å²) in [6.07, 6.45) is 3.06. The molecule has 7 nitrogen and oxygen atoms in total. The lowest BCUT2D eigenvalue weighted by Gasteiger charge is -2.23. The first-order valence-corrected chi connectivity index (χ1v) is 10.4. The molecule has 2 aromatic carbocycles. The van der Waals surface area contributed by atoms with Crippen molar-refractivity contribution in [3.63, 3.8) is 0 Å². The van der Waals surface area contributed by atoms with E-state index in [1.807, 2.05) is 55.4 Å². The molecule has 8 heteroatoms. The number of aliphatic hydroxyl groups excluding tert-OH is 1. The van der Waals surface area contributed by atoms with Crippen LogP contribution in [0.1, 0.15) is 17.8 Å². The lowest BCUT2D eigenvalue weighted by Crippen LogP contribution is -2.15. The van der Waals surface area contributed by atoms with Crippen LogP contribution in [-0.4, -0.2) is 47.3 Å². The highest BCUT2D eigenvalue weighted by Gasteiger charge is 2.21. The molecule has 0 aliphatic heterocycles. The van der Waals surface area contributed by atoms with E-state index in [9.17, 15) is 5.11 Å². The van der Waals surface area contributed by atoms with Crippen molar-refractivity contribution in [2.75, 3.05) is 32.8 Å². The number of anilines is 2. The van der Waals surface area contributed by atoms with E-state index in [2.05, 4.69) is 9.38 Å². The third kappa shape index (κ3) is 3.64. The molecular formula is C23H25ClN4O3. The summed E-state index contributed by atoms with van der Waals surface area (Å²) in [6, 6.07) is 9.59. The number of aliphatic hydroxyl groups is 1. The number of para-hydroxylation sites is 1. The summed E-state index contributed by atoms with van der Waals surface area (Å²) in [5.74, 6) is 2.78. The van der Waals surface area contributed by atoms with Gasteiger partial charge in [0, 0.05) is 32.2 Å². The smallest absolute Gasteiger partial charge is 0.163 e. The van der Waals surface area contributed by atoms with Gasteiger partial charge in [-0.2, -0.15) is 0 Å². The molecule has 0 saturated carbocycles. The standard InChI is InChI=1S/C23H25ClN4O3/c1-14-7-5-8-15(24)22(14)27(2)23-18-13-25-21(9-6-10-29)28(18)17-12-20(31-4)19(30-3)11-16(17)26-23/h5,7-8,11-13,29H,6,9-10H2,1-4H3. The Labute approximate surface area is 185 Å². The van der Waals surface area contributed by atoms with Gasteiger partial charge in [0.25, 0.3) is 0 Å². The third-order valence-corrected chi connectivity index (χ3v) is 5.72. The number of ether oxygens (including phenoxy) is 2. The van der Waals surface area contributed by atoms with Crippen LogP contribution in [0.2, 0.25) is 5.02 Å². The van der Waals surface area contributed by atoms with Crippen LogP contribution in [0.25, 0.3) is 16.6 Å². The topological polar surface area (TPSA) is 72.1 Å². The molecule has 0 amide bonds. The number of hydrogen-bond donors (Lipinski definition) is 1. The van der Waals surface area contributed by atoms with Crippen LogP contribution in [0.5, 0.6) is 11.5 Å². The van der Waals surface area contributed by atoms with Gasteiger partial charge in [-0.05, 0) is 25.0 Å². The molecule has 0 bridgehead atoms. The molecule has 1 N–H and O–H groups in total. The van der Waals surface area contributed by atoms with Crippen molar-refractivity contribution < 1.29 is 14.6 Å². The summed E-state index contributed by atoms with van der Waals surface area (Å²) in [6.45, 7) is 2.12. The minimum Gasteiger partial charge on any atom is -0.493 e. The van der Waals surface area contributed by atoms with Crippen molar-refractivity contribution in [2.24, 2.45) is 0 Å². The van der Waals surface area contributed by atoms with Gasteiger partial charge in [-0.3, -0.25) is 4.40 Å². The number of imidazole rings is 1. The molecule has 0 aliphatic carbocycles. The number of fused-ring (bicyclic) bond motifs is 3. The highest BCUT2D eigenvalue weighted by molar-refractivity contribution is 6.33. The molecule has 0 atom stereocenters. The fraction of sp³-hybridized carbons (Fsp3) is 0.304. The van der Waals surface area contributed by atoms with Crippen molar-refractivity contribution in [1.82, 2.24) is 14.4 Å². The maximum absolute atomic E-state index is 9.34.